The van der Waals surface area contributed by atoms with Crippen molar-refractivity contribution < 1.29 is 86.3 Å². The van der Waals surface area contributed by atoms with E-state index >= 15 is 0 Å². The molecule has 0 unspecified atom stereocenters. The third-order valence-electron chi connectivity index (χ3n) is 20.6. The fourth-order valence-electron chi connectivity index (χ4n) is 13.7. The summed E-state index contributed by atoms with van der Waals surface area (Å²) in [4.78, 5) is 156. The van der Waals surface area contributed by atoms with E-state index in [9.17, 15) is 57.8 Å². The molecule has 113 heavy (non-hydrogen) atoms. The quantitative estimate of drug-likeness (QED) is 0.0258. The number of nitrogens with two attached hydrogens (primary N) is 1. The number of rotatable bonds is 57. The molecule has 2 aliphatic rings. The van der Waals surface area contributed by atoms with Crippen LogP contribution in [0.2, 0.25) is 0 Å². The molecule has 0 bridgehead atoms. The van der Waals surface area contributed by atoms with Gasteiger partial charge in [0.1, 0.15) is 41.6 Å². The summed E-state index contributed by atoms with van der Waals surface area (Å²) < 4.78 is 33.8. The van der Waals surface area contributed by atoms with Crippen LogP contribution < -0.4 is 32.3 Å². The number of nitrogens with zero attached hydrogens (tertiary/aromatic N) is 4. The minimum absolute atomic E-state index is 0.00262. The molecule has 8 N–H and O–H groups in total. The fraction of sp³-hybridized carbons (Fsp3) is 0.643. The van der Waals surface area contributed by atoms with Gasteiger partial charge in [0.15, 0.2) is 17.3 Å². The average molecular weight is 1600 g/mol. The predicted octanol–water partition coefficient (Wildman–Crippen LogP) is 10.5. The Labute approximate surface area is 672 Å². The van der Waals surface area contributed by atoms with Gasteiger partial charge in [0.05, 0.1) is 58.3 Å². The summed E-state index contributed by atoms with van der Waals surface area (Å²) in [5, 5.41) is 26.0. The summed E-state index contributed by atoms with van der Waals surface area (Å²) in [6.45, 7) is 25.1. The zero-order valence-corrected chi connectivity index (χ0v) is 69.2. The fourth-order valence-corrected chi connectivity index (χ4v) is 14.6. The molecule has 2 aliphatic heterocycles. The Morgan fingerprint density at radius 3 is 2.02 bits per heavy atom. The van der Waals surface area contributed by atoms with Crippen LogP contribution in [0, 0.1) is 35.5 Å². The number of nitrogens with one attached hydrogen (secondary N) is 5. The number of allylic oxidation sites excluding steroid dienone is 1. The van der Waals surface area contributed by atoms with Crippen LogP contribution in [0.3, 0.4) is 0 Å². The highest BCUT2D eigenvalue weighted by Gasteiger charge is 2.39. The van der Waals surface area contributed by atoms with Crippen LogP contribution >= 0.6 is 11.3 Å². The summed E-state index contributed by atoms with van der Waals surface area (Å²) in [6, 6.07) is 10.9. The van der Waals surface area contributed by atoms with Gasteiger partial charge in [-0.2, -0.15) is 0 Å². The number of likely N-dealkylation sites (N-methyl/N-ethyl adjacent to an activating group) is 1. The van der Waals surface area contributed by atoms with E-state index in [1.165, 1.54) is 17.4 Å². The molecule has 0 saturated carbocycles. The molecule has 9 atom stereocenters. The molecule has 1 fully saturated rings. The predicted molar refractivity (Wildman–Crippen MR) is 431 cm³/mol. The molecule has 1 aromatic heterocycles. The Kier molecular flexibility index (Phi) is 43.8. The van der Waals surface area contributed by atoms with Gasteiger partial charge in [0.2, 0.25) is 11.8 Å². The summed E-state index contributed by atoms with van der Waals surface area (Å²) in [5.41, 5.74) is 8.20. The molecule has 5 rings (SSSR count). The number of unbranched alkanes of at least 4 members (excludes halogenated alkanes) is 2. The zero-order valence-electron chi connectivity index (χ0n) is 68.4. The lowest BCUT2D eigenvalue weighted by Crippen LogP contribution is -2.50. The largest absolute Gasteiger partial charge is 0.508 e. The number of aromatic hydroxyl groups is 1. The Morgan fingerprint density at radius 1 is 0.708 bits per heavy atom. The van der Waals surface area contributed by atoms with Crippen LogP contribution in [0.4, 0.5) is 14.4 Å². The molecule has 0 radical (unpaired) electrons. The first-order chi connectivity index (χ1) is 54.1. The normalized spacial score (nSPS) is 15.8. The lowest BCUT2D eigenvalue weighted by atomic mass is 9.82. The van der Waals surface area contributed by atoms with Gasteiger partial charge >= 0.3 is 18.2 Å². The SMILES string of the molecule is C=C1C=CC(=O)N1CCCCCC(=O)C[C@H](C(=O)N[C@@H](CCCNC(N)=O)C(=O)Cc1ccc(COC(=O)NCCOCCOCCOCCOC(=O)NCC(=O)[C@@H](C)C[C@H](Cc2ccc(O)cc2)NC(=O)c2csc([C@@H](C[C@H](C(C)C)N(CCC)C(=O)[C@@H](CC(=O)[C@H]3CCCCN3C)[C@@H](C)CC)OCCC)n2)cc1)C(C)C. The Hall–Kier alpha value is -8.48. The molecular formula is C84H128N10O18S. The number of urea groups is 1. The van der Waals surface area contributed by atoms with E-state index in [0.717, 1.165) is 57.1 Å². The number of ketones is 4. The van der Waals surface area contributed by atoms with Crippen molar-refractivity contribution in [2.75, 3.05) is 99.2 Å². The van der Waals surface area contributed by atoms with E-state index in [1.54, 1.807) is 71.8 Å². The van der Waals surface area contributed by atoms with Crippen molar-refractivity contribution in [3.05, 3.63) is 106 Å². The number of primary amides is 1. The van der Waals surface area contributed by atoms with Gasteiger partial charge in [0, 0.05) is 112 Å². The van der Waals surface area contributed by atoms with Gasteiger partial charge in [-0.25, -0.2) is 19.4 Å². The highest BCUT2D eigenvalue weighted by Crippen LogP contribution is 2.34. The van der Waals surface area contributed by atoms with Crippen molar-refractivity contribution in [2.24, 2.45) is 41.2 Å². The maximum Gasteiger partial charge on any atom is 0.407 e. The molecule has 0 aliphatic carbocycles. The maximum atomic E-state index is 14.9. The van der Waals surface area contributed by atoms with E-state index in [0.29, 0.717) is 73.6 Å². The second-order valence-electron chi connectivity index (χ2n) is 30.3. The van der Waals surface area contributed by atoms with Crippen LogP contribution in [0.5, 0.6) is 5.75 Å². The lowest BCUT2D eigenvalue weighted by molar-refractivity contribution is -0.145. The Bertz CT molecular complexity index is 3500. The first-order valence-corrected chi connectivity index (χ1v) is 41.4. The number of hydrogen-bond acceptors (Lipinski definition) is 21. The summed E-state index contributed by atoms with van der Waals surface area (Å²) >= 11 is 1.31. The maximum absolute atomic E-state index is 14.9. The number of ether oxygens (including phenoxy) is 6. The monoisotopic (exact) mass is 1600 g/mol. The highest BCUT2D eigenvalue weighted by atomic mass is 32.1. The molecule has 8 amide bonds. The number of likely N-dealkylation sites (tertiary alicyclic amines) is 1. The molecule has 3 aromatic rings. The number of piperidine rings is 1. The number of thiazole rings is 1. The number of carbonyl (C=O) groups is 11. The minimum atomic E-state index is -0.900. The molecule has 29 heteroatoms. The van der Waals surface area contributed by atoms with Gasteiger partial charge in [-0.3, -0.25) is 43.3 Å². The van der Waals surface area contributed by atoms with Gasteiger partial charge in [0.25, 0.3) is 11.8 Å². The van der Waals surface area contributed by atoms with Gasteiger partial charge < -0.3 is 75.6 Å². The standard InChI is InChI=1S/C84H128N10O18S/c1-12-36-94(81(103)68(58(8)14-3)51-74(98)71-23-17-19-37-92(71)11)72(57(6)7)52-76(110-39-13-2)80-91-70(55-113-80)79(102)89-64(48-61-29-31-65(95)32-30-61)47-59(9)75(99)53-88-84(106)111-46-45-109-44-43-108-42-41-107-40-35-87-83(105)112-54-63-27-25-62(26-28-63)49-73(97)69(22-20-34-86-82(85)104)90-78(101)67(56(4)5)50-66(96)21-16-15-18-38-93-60(10)24-33-77(93)100/h24-33,55-59,64,67-69,71-72,76,95H,10,12-23,34-54H2,1-9,11H3,(H,87,105)(H,88,106)(H,89,102)(H,90,101)(H3,85,86,104)/t58-,59-,64+,67-,68-,69-,71+,72+,76+/m0/s1. The zero-order chi connectivity index (χ0) is 82.8. The van der Waals surface area contributed by atoms with Crippen molar-refractivity contribution in [2.45, 2.75) is 215 Å². The van der Waals surface area contributed by atoms with Crippen LogP contribution in [-0.2, 0) is 81.4 Å². The van der Waals surface area contributed by atoms with Crippen LogP contribution in [-0.4, -0.2) is 213 Å². The number of Topliss-reactive ketones (excluding diaryl/α,β-unsaturated/α-hetero) is 4. The topological polar surface area (TPSA) is 372 Å². The summed E-state index contributed by atoms with van der Waals surface area (Å²) in [7, 11) is 2.00. The van der Waals surface area contributed by atoms with E-state index in [-0.39, 0.29) is 187 Å². The average Bonchev–Trinajstić information content (AvgIpc) is 1.56. The number of alkyl carbamates (subject to hydrolysis) is 2. The van der Waals surface area contributed by atoms with Crippen LogP contribution in [0.25, 0.3) is 0 Å². The molecule has 628 valence electrons. The second-order valence-corrected chi connectivity index (χ2v) is 31.2. The highest BCUT2D eigenvalue weighted by molar-refractivity contribution is 7.09. The minimum Gasteiger partial charge on any atom is -0.508 e. The molecule has 0 spiro atoms. The molecule has 2 aromatic carbocycles. The second kappa shape index (κ2) is 52.1. The van der Waals surface area contributed by atoms with Crippen molar-refractivity contribution >= 4 is 76.3 Å². The molecule has 1 saturated heterocycles. The number of benzene rings is 2. The lowest BCUT2D eigenvalue weighted by Gasteiger charge is -2.40. The summed E-state index contributed by atoms with van der Waals surface area (Å²) in [5.74, 6) is -3.28. The van der Waals surface area contributed by atoms with Crippen molar-refractivity contribution in [3.8, 4) is 5.75 Å². The van der Waals surface area contributed by atoms with E-state index in [1.807, 2.05) is 32.7 Å². The number of carbonyl (C=O) groups excluding carboxylic acids is 11. The first-order valence-electron chi connectivity index (χ1n) is 40.5. The smallest absolute Gasteiger partial charge is 0.407 e. The number of phenolic OH excluding ortho intramolecular Hbond substituents is 1. The molecule has 28 nitrogen and oxygen atoms in total. The number of amides is 8. The number of phenols is 1. The number of aromatic nitrogens is 1. The first kappa shape index (κ1) is 95.1. The van der Waals surface area contributed by atoms with Crippen molar-refractivity contribution in [3.63, 3.8) is 0 Å². The van der Waals surface area contributed by atoms with Crippen LogP contribution in [0.15, 0.2) is 78.3 Å². The third-order valence-corrected chi connectivity index (χ3v) is 21.5. The van der Waals surface area contributed by atoms with Gasteiger partial charge in [-0.15, -0.1) is 11.3 Å². The molecular weight excluding hydrogens is 1470 g/mol. The van der Waals surface area contributed by atoms with Crippen molar-refractivity contribution in [1.29, 1.82) is 0 Å². The van der Waals surface area contributed by atoms with Crippen LogP contribution in [0.1, 0.15) is 203 Å². The molecule has 3 heterocycles. The number of hydrogen-bond donors (Lipinski definition) is 7. The summed E-state index contributed by atoms with van der Waals surface area (Å²) in [6.07, 6.45) is 10.3. The van der Waals surface area contributed by atoms with E-state index < -0.39 is 66.0 Å². The third kappa shape index (κ3) is 35.0. The van der Waals surface area contributed by atoms with Gasteiger partial charge in [-0.05, 0) is 130 Å². The van der Waals surface area contributed by atoms with E-state index in [2.05, 4.69) is 72.7 Å². The van der Waals surface area contributed by atoms with Crippen molar-refractivity contribution in [1.82, 2.24) is 46.3 Å². The Balaban J connectivity index is 0.970. The Morgan fingerprint density at radius 2 is 1.38 bits per heavy atom. The van der Waals surface area contributed by atoms with E-state index in [4.69, 9.17) is 39.1 Å². The van der Waals surface area contributed by atoms with Gasteiger partial charge in [-0.1, -0.05) is 125 Å².